The predicted molar refractivity (Wildman–Crippen MR) is 103 cm³/mol. The van der Waals surface area contributed by atoms with Gasteiger partial charge in [0.15, 0.2) is 5.76 Å². The number of carbonyl (C=O) groups is 1. The lowest BCUT2D eigenvalue weighted by Gasteiger charge is -2.04. The molecule has 0 spiro atoms. The van der Waals surface area contributed by atoms with Crippen LogP contribution >= 0.6 is 34.5 Å². The van der Waals surface area contributed by atoms with E-state index in [0.717, 1.165) is 32.5 Å². The van der Waals surface area contributed by atoms with Crippen LogP contribution in [-0.2, 0) is 0 Å². The highest BCUT2D eigenvalue weighted by atomic mass is 35.5. The van der Waals surface area contributed by atoms with Crippen molar-refractivity contribution in [3.63, 3.8) is 0 Å². The van der Waals surface area contributed by atoms with Crippen LogP contribution in [0.25, 0.3) is 21.8 Å². The zero-order chi connectivity index (χ0) is 18.1. The first kappa shape index (κ1) is 16.9. The maximum absolute atomic E-state index is 12.3. The Hall–Kier alpha value is -2.55. The van der Waals surface area contributed by atoms with Crippen LogP contribution in [0.5, 0.6) is 0 Å². The van der Waals surface area contributed by atoms with Crippen molar-refractivity contribution < 1.29 is 9.32 Å². The minimum atomic E-state index is -0.215. The van der Waals surface area contributed by atoms with Gasteiger partial charge in [0.05, 0.1) is 16.9 Å². The van der Waals surface area contributed by atoms with E-state index >= 15 is 0 Å². The Bertz CT molecular complexity index is 1070. The number of amides is 1. The molecule has 130 valence electrons. The molecule has 0 aliphatic heterocycles. The number of carbonyl (C=O) groups excluding carboxylic acids is 1. The van der Waals surface area contributed by atoms with Crippen molar-refractivity contribution in [2.45, 2.75) is 6.92 Å². The number of aryl methyl sites for hydroxylation is 1. The zero-order valence-electron chi connectivity index (χ0n) is 13.4. The summed E-state index contributed by atoms with van der Waals surface area (Å²) in [5, 5.41) is 11.8. The number of hydrogen-bond acceptors (Lipinski definition) is 7. The first-order chi connectivity index (χ1) is 12.6. The summed E-state index contributed by atoms with van der Waals surface area (Å²) in [4.78, 5) is 13.7. The van der Waals surface area contributed by atoms with Crippen LogP contribution in [0.2, 0.25) is 5.02 Å². The van der Waals surface area contributed by atoms with E-state index in [2.05, 4.69) is 20.1 Å². The maximum atomic E-state index is 12.3. The van der Waals surface area contributed by atoms with Crippen molar-refractivity contribution in [2.24, 2.45) is 0 Å². The van der Waals surface area contributed by atoms with Crippen LogP contribution in [0.1, 0.15) is 15.4 Å². The van der Waals surface area contributed by atoms with Gasteiger partial charge in [-0.25, -0.2) is 0 Å². The van der Waals surface area contributed by atoms with Gasteiger partial charge in [-0.05, 0) is 48.8 Å². The van der Waals surface area contributed by atoms with E-state index in [1.54, 1.807) is 19.2 Å². The Labute approximate surface area is 161 Å². The molecular formula is C17H11ClN4O2S2. The lowest BCUT2D eigenvalue weighted by Crippen LogP contribution is -2.10. The summed E-state index contributed by atoms with van der Waals surface area (Å²) in [5.74, 6) is 0.452. The van der Waals surface area contributed by atoms with Crippen LogP contribution in [-0.4, -0.2) is 20.7 Å². The summed E-state index contributed by atoms with van der Waals surface area (Å²) in [6, 6.07) is 11.2. The Morgan fingerprint density at radius 1 is 1.23 bits per heavy atom. The van der Waals surface area contributed by atoms with Gasteiger partial charge < -0.3 is 9.84 Å². The van der Waals surface area contributed by atoms with Gasteiger partial charge in [0.2, 0.25) is 0 Å². The highest BCUT2D eigenvalue weighted by Gasteiger charge is 2.15. The van der Waals surface area contributed by atoms with Crippen molar-refractivity contribution in [3.05, 3.63) is 58.2 Å². The molecule has 0 radical (unpaired) electrons. The molecule has 0 saturated carbocycles. The number of nitrogens with one attached hydrogen (secondary N) is 1. The molecule has 3 heterocycles. The normalized spacial score (nSPS) is 10.8. The molecule has 0 unspecified atom stereocenters. The molecule has 0 fully saturated rings. The molecule has 0 saturated heterocycles. The fourth-order valence-corrected chi connectivity index (χ4v) is 4.15. The highest BCUT2D eigenvalue weighted by molar-refractivity contribution is 7.19. The lowest BCUT2D eigenvalue weighted by atomic mass is 10.1. The average Bonchev–Trinajstić information content (AvgIpc) is 3.36. The number of anilines is 1. The Kier molecular flexibility index (Phi) is 4.54. The number of thiophene rings is 1. The Morgan fingerprint density at radius 2 is 2.12 bits per heavy atom. The van der Waals surface area contributed by atoms with E-state index in [4.69, 9.17) is 16.1 Å². The fourth-order valence-electron chi connectivity index (χ4n) is 2.39. The molecule has 0 aliphatic rings. The number of benzene rings is 1. The molecule has 26 heavy (non-hydrogen) atoms. The molecule has 4 aromatic rings. The third kappa shape index (κ3) is 3.26. The largest absolute Gasteiger partial charge is 0.356 e. The summed E-state index contributed by atoms with van der Waals surface area (Å²) >= 11 is 8.88. The van der Waals surface area contributed by atoms with Crippen LogP contribution in [0.3, 0.4) is 0 Å². The molecule has 0 bridgehead atoms. The quantitative estimate of drug-likeness (QED) is 0.511. The molecule has 0 aliphatic carbocycles. The summed E-state index contributed by atoms with van der Waals surface area (Å²) in [5.41, 5.74) is 2.36. The molecular weight excluding hydrogens is 392 g/mol. The predicted octanol–water partition coefficient (Wildman–Crippen LogP) is 5.14. The Morgan fingerprint density at radius 3 is 2.85 bits per heavy atom. The zero-order valence-corrected chi connectivity index (χ0v) is 15.8. The SMILES string of the molecule is Cc1nnsc1C(=O)Nc1ccc(-c2cc(-c3ccno3)ccc2Cl)s1. The number of nitrogens with zero attached hydrogens (tertiary/aromatic N) is 3. The monoisotopic (exact) mass is 402 g/mol. The minimum Gasteiger partial charge on any atom is -0.356 e. The van der Waals surface area contributed by atoms with Gasteiger partial charge in [-0.3, -0.25) is 4.79 Å². The number of rotatable bonds is 4. The van der Waals surface area contributed by atoms with Crippen LogP contribution < -0.4 is 5.32 Å². The smallest absolute Gasteiger partial charge is 0.269 e. The van der Waals surface area contributed by atoms with E-state index in [1.807, 2.05) is 30.3 Å². The molecule has 1 N–H and O–H groups in total. The van der Waals surface area contributed by atoms with Gasteiger partial charge >= 0.3 is 0 Å². The summed E-state index contributed by atoms with van der Waals surface area (Å²) < 4.78 is 8.99. The Balaban J connectivity index is 1.61. The maximum Gasteiger partial charge on any atom is 0.269 e. The second-order valence-electron chi connectivity index (χ2n) is 5.38. The molecule has 9 heteroatoms. The summed E-state index contributed by atoms with van der Waals surface area (Å²) in [6.45, 7) is 1.76. The van der Waals surface area contributed by atoms with Crippen molar-refractivity contribution >= 4 is 45.4 Å². The molecule has 0 atom stereocenters. The first-order valence-electron chi connectivity index (χ1n) is 7.53. The standard InChI is InChI=1S/C17H11ClN4O2S2/c1-9-16(26-22-21-9)17(23)20-15-5-4-14(25-15)11-8-10(2-3-12(11)18)13-6-7-19-24-13/h2-8H,1H3,(H,20,23). The summed E-state index contributed by atoms with van der Waals surface area (Å²) in [7, 11) is 0. The fraction of sp³-hybridized carbons (Fsp3) is 0.0588. The average molecular weight is 403 g/mol. The van der Waals surface area contributed by atoms with Crippen molar-refractivity contribution in [1.29, 1.82) is 0 Å². The van der Waals surface area contributed by atoms with E-state index in [9.17, 15) is 4.79 Å². The van der Waals surface area contributed by atoms with Crippen molar-refractivity contribution in [1.82, 2.24) is 14.7 Å². The van der Waals surface area contributed by atoms with Gasteiger partial charge in [-0.1, -0.05) is 21.2 Å². The molecule has 3 aromatic heterocycles. The van der Waals surface area contributed by atoms with E-state index in [1.165, 1.54) is 11.3 Å². The van der Waals surface area contributed by atoms with Crippen LogP contribution in [0.4, 0.5) is 5.00 Å². The van der Waals surface area contributed by atoms with Gasteiger partial charge in [-0.15, -0.1) is 16.4 Å². The van der Waals surface area contributed by atoms with Crippen LogP contribution in [0.15, 0.2) is 47.1 Å². The highest BCUT2D eigenvalue weighted by Crippen LogP contribution is 2.38. The molecule has 6 nitrogen and oxygen atoms in total. The van der Waals surface area contributed by atoms with Crippen molar-refractivity contribution in [3.8, 4) is 21.8 Å². The van der Waals surface area contributed by atoms with E-state index in [0.29, 0.717) is 21.4 Å². The van der Waals surface area contributed by atoms with E-state index in [-0.39, 0.29) is 5.91 Å². The van der Waals surface area contributed by atoms with Gasteiger partial charge in [0.1, 0.15) is 4.88 Å². The van der Waals surface area contributed by atoms with Crippen molar-refractivity contribution in [2.75, 3.05) is 5.32 Å². The van der Waals surface area contributed by atoms with Gasteiger partial charge in [0, 0.05) is 27.1 Å². The molecule has 1 aromatic carbocycles. The third-order valence-electron chi connectivity index (χ3n) is 3.65. The minimum absolute atomic E-state index is 0.215. The second-order valence-corrected chi connectivity index (χ2v) is 7.62. The first-order valence-corrected chi connectivity index (χ1v) is 9.50. The number of hydrogen-bond donors (Lipinski definition) is 1. The number of halogens is 1. The number of aromatic nitrogens is 3. The lowest BCUT2D eigenvalue weighted by molar-refractivity contribution is 0.103. The molecule has 4 rings (SSSR count). The van der Waals surface area contributed by atoms with Crippen LogP contribution in [0, 0.1) is 6.92 Å². The second kappa shape index (κ2) is 6.99. The third-order valence-corrected chi connectivity index (χ3v) is 5.84. The van der Waals surface area contributed by atoms with Gasteiger partial charge in [-0.2, -0.15) is 0 Å². The topological polar surface area (TPSA) is 80.9 Å². The van der Waals surface area contributed by atoms with Gasteiger partial charge in [0.25, 0.3) is 5.91 Å². The molecule has 1 amide bonds. The van der Waals surface area contributed by atoms with E-state index < -0.39 is 0 Å². The summed E-state index contributed by atoms with van der Waals surface area (Å²) in [6.07, 6.45) is 1.60.